The molecule has 0 aliphatic carbocycles. The van der Waals surface area contributed by atoms with Gasteiger partial charge in [0.1, 0.15) is 0 Å². The molecule has 0 heterocycles. The third-order valence-electron chi connectivity index (χ3n) is 6.88. The summed E-state index contributed by atoms with van der Waals surface area (Å²) in [5.74, 6) is -0.931. The number of carboxylic acid groups (broad SMARTS) is 1. The Hall–Kier alpha value is -3.51. The highest BCUT2D eigenvalue weighted by Crippen LogP contribution is 2.24. The van der Waals surface area contributed by atoms with Crippen LogP contribution in [0, 0.1) is 0 Å². The molecule has 0 aliphatic heterocycles. The van der Waals surface area contributed by atoms with Crippen LogP contribution >= 0.6 is 0 Å². The highest BCUT2D eigenvalue weighted by molar-refractivity contribution is 5.87. The van der Waals surface area contributed by atoms with Crippen LogP contribution in [0.3, 0.4) is 0 Å². The Morgan fingerprint density at radius 2 is 1.63 bits per heavy atom. The van der Waals surface area contributed by atoms with E-state index in [2.05, 4.69) is 61.6 Å². The Morgan fingerprint density at radius 1 is 0.895 bits per heavy atom. The minimum atomic E-state index is -0.931. The van der Waals surface area contributed by atoms with Crippen LogP contribution in [-0.4, -0.2) is 41.0 Å². The van der Waals surface area contributed by atoms with Crippen molar-refractivity contribution in [1.82, 2.24) is 5.32 Å². The first kappa shape index (κ1) is 27.5. The van der Waals surface area contributed by atoms with Gasteiger partial charge < -0.3 is 20.3 Å². The second-order valence-electron chi connectivity index (χ2n) is 10.6. The molecule has 3 N–H and O–H groups in total. The van der Waals surface area contributed by atoms with Gasteiger partial charge in [-0.05, 0) is 78.8 Å². The van der Waals surface area contributed by atoms with E-state index in [4.69, 9.17) is 4.74 Å². The summed E-state index contributed by atoms with van der Waals surface area (Å²) >= 11 is 0. The van der Waals surface area contributed by atoms with Crippen molar-refractivity contribution < 1.29 is 19.7 Å². The number of carbonyl (C=O) groups is 1. The predicted molar refractivity (Wildman–Crippen MR) is 153 cm³/mol. The quantitative estimate of drug-likeness (QED) is 0.212. The van der Waals surface area contributed by atoms with E-state index in [9.17, 15) is 15.0 Å². The zero-order valence-corrected chi connectivity index (χ0v) is 22.4. The Morgan fingerprint density at radius 3 is 2.42 bits per heavy atom. The Balaban J connectivity index is 1.30. The summed E-state index contributed by atoms with van der Waals surface area (Å²) in [4.78, 5) is 11.3. The van der Waals surface area contributed by atoms with E-state index in [-0.39, 0.29) is 23.8 Å². The van der Waals surface area contributed by atoms with E-state index in [1.54, 1.807) is 18.2 Å². The fraction of sp³-hybridized carbons (Fsp3) is 0.303. The highest BCUT2D eigenvalue weighted by atomic mass is 16.5. The average Bonchev–Trinajstić information content (AvgIpc) is 2.91. The van der Waals surface area contributed by atoms with Gasteiger partial charge in [0.25, 0.3) is 0 Å². The lowest BCUT2D eigenvalue weighted by molar-refractivity contribution is -0.00445. The highest BCUT2D eigenvalue weighted by Gasteiger charge is 2.20. The van der Waals surface area contributed by atoms with Gasteiger partial charge in [0, 0.05) is 12.1 Å². The van der Waals surface area contributed by atoms with Crippen LogP contribution in [0.1, 0.15) is 59.5 Å². The summed E-state index contributed by atoms with van der Waals surface area (Å²) in [7, 11) is 0. The number of ether oxygens (including phenoxy) is 1. The number of nitrogens with one attached hydrogen (secondary N) is 1. The molecule has 2 atom stereocenters. The van der Waals surface area contributed by atoms with Crippen LogP contribution in [0.15, 0.2) is 91.0 Å². The lowest BCUT2D eigenvalue weighted by Crippen LogP contribution is -2.46. The van der Waals surface area contributed by atoms with E-state index < -0.39 is 12.1 Å². The molecule has 0 unspecified atom stereocenters. The van der Waals surface area contributed by atoms with E-state index in [0.29, 0.717) is 13.0 Å². The molecule has 0 aromatic heterocycles. The number of fused-ring (bicyclic) bond motifs is 1. The number of hydrogen-bond donors (Lipinski definition) is 3. The van der Waals surface area contributed by atoms with Crippen LogP contribution in [0.4, 0.5) is 0 Å². The molecule has 4 aromatic rings. The Labute approximate surface area is 225 Å². The molecular formula is C33H37NO4. The van der Waals surface area contributed by atoms with E-state index >= 15 is 0 Å². The van der Waals surface area contributed by atoms with Crippen molar-refractivity contribution in [2.75, 3.05) is 13.2 Å². The zero-order valence-electron chi connectivity index (χ0n) is 22.4. The van der Waals surface area contributed by atoms with Crippen molar-refractivity contribution in [3.63, 3.8) is 0 Å². The van der Waals surface area contributed by atoms with Crippen molar-refractivity contribution >= 4 is 16.7 Å². The molecule has 0 aliphatic rings. The summed E-state index contributed by atoms with van der Waals surface area (Å²) in [6.45, 7) is 6.91. The smallest absolute Gasteiger partial charge is 0.335 e. The van der Waals surface area contributed by atoms with Crippen LogP contribution in [-0.2, 0) is 17.6 Å². The molecule has 0 radical (unpaired) electrons. The molecule has 0 saturated heterocycles. The second kappa shape index (κ2) is 12.4. The van der Waals surface area contributed by atoms with Crippen molar-refractivity contribution in [1.29, 1.82) is 0 Å². The summed E-state index contributed by atoms with van der Waals surface area (Å²) < 4.78 is 6.08. The van der Waals surface area contributed by atoms with Gasteiger partial charge in [0.15, 0.2) is 0 Å². The SMILES string of the molecule is C[C@@H](OC[C@H](O)CNC(C)(C)Cc1ccc2ccccc2c1)c1ccccc1Cc1cccc(C(=O)O)c1. The molecule has 0 amide bonds. The van der Waals surface area contributed by atoms with Crippen molar-refractivity contribution in [2.24, 2.45) is 0 Å². The first-order chi connectivity index (χ1) is 18.2. The third kappa shape index (κ3) is 7.51. The molecule has 4 rings (SSSR count). The zero-order chi connectivity index (χ0) is 27.1. The van der Waals surface area contributed by atoms with Crippen molar-refractivity contribution in [2.45, 2.75) is 51.4 Å². The minimum absolute atomic E-state index is 0.188. The van der Waals surface area contributed by atoms with Gasteiger partial charge in [-0.2, -0.15) is 0 Å². The van der Waals surface area contributed by atoms with Crippen molar-refractivity contribution in [3.8, 4) is 0 Å². The maximum Gasteiger partial charge on any atom is 0.335 e. The standard InChI is InChI=1S/C33H37NO4/c1-23(31-14-7-6-12-28(31)17-24-9-8-13-29(18-24)32(36)37)38-22-30(35)21-34-33(2,3)20-25-15-16-26-10-4-5-11-27(26)19-25/h4-16,18-19,23,30,34-35H,17,20-22H2,1-3H3,(H,36,37)/t23-,30-/m1/s1. The van der Waals surface area contributed by atoms with Crippen LogP contribution in [0.25, 0.3) is 10.8 Å². The number of carboxylic acids is 1. The number of aromatic carboxylic acids is 1. The summed E-state index contributed by atoms with van der Waals surface area (Å²) in [6, 6.07) is 29.9. The van der Waals surface area contributed by atoms with E-state index in [0.717, 1.165) is 23.1 Å². The van der Waals surface area contributed by atoms with Crippen molar-refractivity contribution in [3.05, 3.63) is 119 Å². The van der Waals surface area contributed by atoms with Crippen LogP contribution in [0.2, 0.25) is 0 Å². The maximum atomic E-state index is 11.3. The molecule has 5 heteroatoms. The third-order valence-corrected chi connectivity index (χ3v) is 6.88. The first-order valence-electron chi connectivity index (χ1n) is 13.1. The van der Waals surface area contributed by atoms with Gasteiger partial charge in [0.2, 0.25) is 0 Å². The Bertz CT molecular complexity index is 1380. The molecule has 198 valence electrons. The number of β-amino-alcohol motifs (C(OH)–C–C–N with tert-alkyl or cyclic N) is 1. The number of benzene rings is 4. The predicted octanol–water partition coefficient (Wildman–Crippen LogP) is 6.18. The molecule has 4 aromatic carbocycles. The average molecular weight is 512 g/mol. The van der Waals surface area contributed by atoms with E-state index in [1.165, 1.54) is 16.3 Å². The molecule has 38 heavy (non-hydrogen) atoms. The van der Waals surface area contributed by atoms with Gasteiger partial charge in [0.05, 0.1) is 24.4 Å². The number of aliphatic hydroxyl groups is 1. The van der Waals surface area contributed by atoms with Gasteiger partial charge in [-0.25, -0.2) is 4.79 Å². The van der Waals surface area contributed by atoms with Crippen LogP contribution < -0.4 is 5.32 Å². The number of rotatable bonds is 12. The molecule has 5 nitrogen and oxygen atoms in total. The van der Waals surface area contributed by atoms with E-state index in [1.807, 2.05) is 37.3 Å². The summed E-state index contributed by atoms with van der Waals surface area (Å²) in [5, 5.41) is 25.9. The van der Waals surface area contributed by atoms with Gasteiger partial charge in [-0.1, -0.05) is 78.9 Å². The maximum absolute atomic E-state index is 11.3. The molecule has 0 bridgehead atoms. The normalized spacial score (nSPS) is 13.4. The topological polar surface area (TPSA) is 78.8 Å². The fourth-order valence-electron chi connectivity index (χ4n) is 4.85. The largest absolute Gasteiger partial charge is 0.478 e. The monoisotopic (exact) mass is 511 g/mol. The number of aliphatic hydroxyl groups excluding tert-OH is 1. The number of hydrogen-bond acceptors (Lipinski definition) is 4. The molecular weight excluding hydrogens is 474 g/mol. The summed E-state index contributed by atoms with van der Waals surface area (Å²) in [6.07, 6.45) is 0.595. The molecule has 0 fully saturated rings. The molecule has 0 saturated carbocycles. The van der Waals surface area contributed by atoms with Gasteiger partial charge in [-0.15, -0.1) is 0 Å². The summed E-state index contributed by atoms with van der Waals surface area (Å²) in [5.41, 5.74) is 4.39. The fourth-order valence-corrected chi connectivity index (χ4v) is 4.85. The van der Waals surface area contributed by atoms with Gasteiger partial charge >= 0.3 is 5.97 Å². The first-order valence-corrected chi connectivity index (χ1v) is 13.1. The lowest BCUT2D eigenvalue weighted by Gasteiger charge is -2.28. The lowest BCUT2D eigenvalue weighted by atomic mass is 9.93. The Kier molecular flexibility index (Phi) is 8.95. The molecule has 0 spiro atoms. The van der Waals surface area contributed by atoms with Gasteiger partial charge in [-0.3, -0.25) is 0 Å². The van der Waals surface area contributed by atoms with Crippen LogP contribution in [0.5, 0.6) is 0 Å². The minimum Gasteiger partial charge on any atom is -0.478 e. The second-order valence-corrected chi connectivity index (χ2v) is 10.6.